The average Bonchev–Trinajstić information content (AvgIpc) is 3.27. The van der Waals surface area contributed by atoms with Gasteiger partial charge in [0.05, 0.1) is 34.2 Å². The van der Waals surface area contributed by atoms with Gasteiger partial charge in [0.2, 0.25) is 29.6 Å². The molecule has 1 fully saturated rings. The highest BCUT2D eigenvalue weighted by molar-refractivity contribution is 6.08. The Labute approximate surface area is 369 Å². The van der Waals surface area contributed by atoms with Crippen molar-refractivity contribution < 1.29 is 128 Å². The molecule has 4 bridgehead atoms. The lowest BCUT2D eigenvalue weighted by Crippen LogP contribution is -2.63. The molecule has 0 radical (unpaired) electrons. The van der Waals surface area contributed by atoms with Crippen LogP contribution < -0.4 is 4.74 Å². The van der Waals surface area contributed by atoms with Crippen LogP contribution in [0.5, 0.6) is 69.0 Å². The lowest BCUT2D eigenvalue weighted by molar-refractivity contribution is -0.286. The Morgan fingerprint density at radius 1 is 0.582 bits per heavy atom. The van der Waals surface area contributed by atoms with Crippen molar-refractivity contribution >= 4 is 41.8 Å². The van der Waals surface area contributed by atoms with Gasteiger partial charge in [-0.3, -0.25) is 4.79 Å². The molecule has 4 aromatic carbocycles. The third-order valence-corrected chi connectivity index (χ3v) is 10.7. The Morgan fingerprint density at radius 2 is 1.09 bits per heavy atom. The van der Waals surface area contributed by atoms with Crippen molar-refractivity contribution in [1.82, 2.24) is 0 Å². The van der Waals surface area contributed by atoms with E-state index in [9.17, 15) is 94.8 Å². The summed E-state index contributed by atoms with van der Waals surface area (Å²) in [4.78, 5) is 96.4. The van der Waals surface area contributed by atoms with Crippen LogP contribution in [0.2, 0.25) is 0 Å². The first kappa shape index (κ1) is 44.3. The Morgan fingerprint density at radius 3 is 1.69 bits per heavy atom. The topological polar surface area (TPSA) is 427 Å². The summed E-state index contributed by atoms with van der Waals surface area (Å²) in [5, 5.41) is 126. The molecule has 26 nitrogen and oxygen atoms in total. The standard InChI is InChI=1S/C41H28O26/c42-15-1-9(2-16(43)26(15)50)36(56)67-41-35-34-32(64-38(58)11(6-21(47)48)10-7-22(49)63-33-23(10)12(39(59)66-35)3-19(46)29(33)53)20(62-41)8-61-37(57)13-4-17(44)27(51)30(54)24(13)25-14(40(60)65-34)5-18(45)28(52)31(25)55/h1-6,10,20,32,34-35,41-46,50-55H,7-8H2,(H,47,48)/b11-6-. The maximum atomic E-state index is 14.6. The molecule has 8 rings (SSSR count). The molecule has 4 heterocycles. The second-order valence-corrected chi connectivity index (χ2v) is 14.8. The van der Waals surface area contributed by atoms with Crippen LogP contribution in [0, 0.1) is 0 Å². The van der Waals surface area contributed by atoms with Crippen LogP contribution >= 0.6 is 0 Å². The van der Waals surface area contributed by atoms with E-state index < -0.39 is 205 Å². The van der Waals surface area contributed by atoms with Crippen molar-refractivity contribution in [1.29, 1.82) is 0 Å². The van der Waals surface area contributed by atoms with E-state index in [1.54, 1.807) is 0 Å². The summed E-state index contributed by atoms with van der Waals surface area (Å²) in [6, 6.07) is 2.51. The molecule has 0 aliphatic carbocycles. The molecule has 6 atom stereocenters. The highest BCUT2D eigenvalue weighted by Crippen LogP contribution is 2.54. The molecule has 67 heavy (non-hydrogen) atoms. The smallest absolute Gasteiger partial charge is 0.340 e. The zero-order valence-electron chi connectivity index (χ0n) is 32.9. The number of aliphatic carboxylic acids is 1. The zero-order valence-corrected chi connectivity index (χ0v) is 32.9. The highest BCUT2D eigenvalue weighted by Gasteiger charge is 2.56. The molecule has 4 aliphatic heterocycles. The number of hydrogen-bond donors (Lipinski definition) is 12. The molecule has 348 valence electrons. The number of benzene rings is 4. The second-order valence-electron chi connectivity index (χ2n) is 14.8. The highest BCUT2D eigenvalue weighted by atomic mass is 16.7. The van der Waals surface area contributed by atoms with Crippen LogP contribution in [0.4, 0.5) is 0 Å². The molecule has 0 spiro atoms. The molecule has 0 amide bonds. The number of cyclic esters (lactones) is 1. The zero-order chi connectivity index (χ0) is 48.7. The summed E-state index contributed by atoms with van der Waals surface area (Å²) in [5.74, 6) is -28.4. The Hall–Kier alpha value is -9.33. The number of esters is 6. The van der Waals surface area contributed by atoms with Crippen molar-refractivity contribution in [3.63, 3.8) is 0 Å². The summed E-state index contributed by atoms with van der Waals surface area (Å²) in [6.07, 6.45) is -12.9. The van der Waals surface area contributed by atoms with Crippen molar-refractivity contribution in [2.24, 2.45) is 0 Å². The van der Waals surface area contributed by atoms with E-state index in [1.807, 2.05) is 0 Å². The molecule has 1 saturated heterocycles. The van der Waals surface area contributed by atoms with Gasteiger partial charge in [-0.1, -0.05) is 0 Å². The summed E-state index contributed by atoms with van der Waals surface area (Å²) >= 11 is 0. The Kier molecular flexibility index (Phi) is 10.6. The fourth-order valence-electron chi connectivity index (χ4n) is 7.71. The largest absolute Gasteiger partial charge is 0.504 e. The molecule has 26 heteroatoms. The van der Waals surface area contributed by atoms with E-state index in [2.05, 4.69) is 0 Å². The first-order chi connectivity index (χ1) is 31.6. The maximum absolute atomic E-state index is 14.6. The number of fused-ring (bicyclic) bond motifs is 3. The fraction of sp³-hybridized carbons (Fsp3) is 0.195. The van der Waals surface area contributed by atoms with Gasteiger partial charge in [0.15, 0.2) is 64.0 Å². The van der Waals surface area contributed by atoms with Crippen molar-refractivity contribution in [2.75, 3.05) is 6.61 Å². The van der Waals surface area contributed by atoms with Crippen LogP contribution in [0.25, 0.3) is 11.1 Å². The minimum atomic E-state index is -2.53. The van der Waals surface area contributed by atoms with Gasteiger partial charge in [-0.25, -0.2) is 28.8 Å². The van der Waals surface area contributed by atoms with Crippen molar-refractivity contribution in [3.05, 3.63) is 69.8 Å². The Balaban J connectivity index is 1.39. The predicted octanol–water partition coefficient (Wildman–Crippen LogP) is 0.948. The van der Waals surface area contributed by atoms with E-state index in [-0.39, 0.29) is 6.08 Å². The number of ether oxygens (including phenoxy) is 7. The van der Waals surface area contributed by atoms with E-state index in [0.717, 1.165) is 0 Å². The molecular formula is C41H28O26. The Bertz CT molecular complexity index is 2930. The van der Waals surface area contributed by atoms with Gasteiger partial charge in [0, 0.05) is 28.7 Å². The molecule has 12 N–H and O–H groups in total. The summed E-state index contributed by atoms with van der Waals surface area (Å²) < 4.78 is 39.0. The van der Waals surface area contributed by atoms with Gasteiger partial charge in [0.1, 0.15) is 12.7 Å². The molecule has 0 aromatic heterocycles. The molecule has 4 aromatic rings. The molecular weight excluding hydrogens is 908 g/mol. The number of phenolic OH excluding ortho intramolecular Hbond substituents is 11. The number of rotatable bonds is 3. The molecule has 4 aliphatic rings. The number of aromatic hydroxyl groups is 11. The molecule has 0 saturated carbocycles. The van der Waals surface area contributed by atoms with Gasteiger partial charge in [0.25, 0.3) is 0 Å². The first-order valence-electron chi connectivity index (χ1n) is 18.8. The van der Waals surface area contributed by atoms with E-state index in [4.69, 9.17) is 33.2 Å². The third kappa shape index (κ3) is 7.36. The quantitative estimate of drug-likeness (QED) is 0.0447. The van der Waals surface area contributed by atoms with E-state index in [0.29, 0.717) is 30.3 Å². The number of carbonyl (C=O) groups excluding carboxylic acids is 6. The predicted molar refractivity (Wildman–Crippen MR) is 204 cm³/mol. The first-order valence-corrected chi connectivity index (χ1v) is 18.8. The number of carboxylic acids is 1. The normalized spacial score (nSPS) is 22.9. The number of carboxylic acid groups (broad SMARTS) is 1. The van der Waals surface area contributed by atoms with E-state index in [1.165, 1.54) is 0 Å². The summed E-state index contributed by atoms with van der Waals surface area (Å²) in [6.45, 7) is -1.28. The number of phenols is 11. The van der Waals surface area contributed by atoms with Crippen LogP contribution in [0.1, 0.15) is 59.3 Å². The second kappa shape index (κ2) is 16.0. The monoisotopic (exact) mass is 936 g/mol. The van der Waals surface area contributed by atoms with Crippen molar-refractivity contribution in [3.8, 4) is 80.1 Å². The van der Waals surface area contributed by atoms with Gasteiger partial charge in [-0.2, -0.15) is 0 Å². The minimum absolute atomic E-state index is 0.217. The molecule has 6 unspecified atom stereocenters. The minimum Gasteiger partial charge on any atom is -0.504 e. The third-order valence-electron chi connectivity index (χ3n) is 10.7. The van der Waals surface area contributed by atoms with Gasteiger partial charge >= 0.3 is 41.8 Å². The van der Waals surface area contributed by atoms with Crippen LogP contribution in [0.15, 0.2) is 42.0 Å². The fourth-order valence-corrected chi connectivity index (χ4v) is 7.71. The van der Waals surface area contributed by atoms with Crippen LogP contribution in [-0.2, 0) is 42.8 Å². The summed E-state index contributed by atoms with van der Waals surface area (Å²) in [7, 11) is 0. The van der Waals surface area contributed by atoms with Gasteiger partial charge in [-0.05, 0) is 30.3 Å². The number of hydrogen-bond acceptors (Lipinski definition) is 25. The maximum Gasteiger partial charge on any atom is 0.340 e. The lowest BCUT2D eigenvalue weighted by Gasteiger charge is -2.44. The lowest BCUT2D eigenvalue weighted by atomic mass is 9.82. The average molecular weight is 937 g/mol. The van der Waals surface area contributed by atoms with Gasteiger partial charge < -0.3 is 94.4 Å². The van der Waals surface area contributed by atoms with E-state index >= 15 is 0 Å². The van der Waals surface area contributed by atoms with Crippen LogP contribution in [0.3, 0.4) is 0 Å². The van der Waals surface area contributed by atoms with Gasteiger partial charge in [-0.15, -0.1) is 0 Å². The number of carbonyl (C=O) groups is 7. The van der Waals surface area contributed by atoms with Crippen LogP contribution in [-0.4, -0.2) is 140 Å². The summed E-state index contributed by atoms with van der Waals surface area (Å²) in [5.41, 5.74) is -7.67. The van der Waals surface area contributed by atoms with Crippen molar-refractivity contribution in [2.45, 2.75) is 43.0 Å². The SMILES string of the molecule is O=C(O)/C=C1\C(=O)OC2C3COC(=O)c4cc(O)c(O)c(O)c4-c4c(cc(O)c(O)c4O)C(=O)OC2C(OC(=O)c2cc(O)c(O)c4c2C1CC(=O)O4)C(OC(=O)c1cc(O)c(O)c(O)c1)O3.